The highest BCUT2D eigenvalue weighted by Gasteiger charge is 2.41. The molecule has 2 heterocycles. The van der Waals surface area contributed by atoms with E-state index in [4.69, 9.17) is 0 Å². The van der Waals surface area contributed by atoms with Crippen LogP contribution in [0.2, 0.25) is 0 Å². The molecule has 3 aliphatic rings. The van der Waals surface area contributed by atoms with Crippen molar-refractivity contribution < 1.29 is 9.59 Å². The molecule has 1 unspecified atom stereocenters. The van der Waals surface area contributed by atoms with Crippen LogP contribution >= 0.6 is 0 Å². The maximum atomic E-state index is 13.4. The predicted molar refractivity (Wildman–Crippen MR) is 125 cm³/mol. The lowest BCUT2D eigenvalue weighted by atomic mass is 9.84. The van der Waals surface area contributed by atoms with E-state index in [-0.39, 0.29) is 29.8 Å². The molecule has 32 heavy (non-hydrogen) atoms. The van der Waals surface area contributed by atoms with Crippen LogP contribution in [0.25, 0.3) is 0 Å². The number of piperazine rings is 1. The fraction of sp³-hybridized carbons (Fsp3) is 0.481. The van der Waals surface area contributed by atoms with Crippen molar-refractivity contribution in [2.45, 2.75) is 44.2 Å². The molecule has 0 radical (unpaired) electrons. The van der Waals surface area contributed by atoms with E-state index in [0.717, 1.165) is 64.8 Å². The summed E-state index contributed by atoms with van der Waals surface area (Å²) in [5.41, 5.74) is 2.57. The molecule has 5 heteroatoms. The zero-order valence-corrected chi connectivity index (χ0v) is 18.7. The van der Waals surface area contributed by atoms with Crippen LogP contribution in [0, 0.1) is 5.92 Å². The average Bonchev–Trinajstić information content (AvgIpc) is 3.30. The zero-order valence-electron chi connectivity index (χ0n) is 18.7. The van der Waals surface area contributed by atoms with E-state index in [9.17, 15) is 9.59 Å². The number of carbonyl (C=O) groups is 2. The summed E-state index contributed by atoms with van der Waals surface area (Å²) in [6.07, 6.45) is 4.90. The monoisotopic (exact) mass is 431 g/mol. The summed E-state index contributed by atoms with van der Waals surface area (Å²) in [6.45, 7) is 3.86. The van der Waals surface area contributed by atoms with E-state index in [1.54, 1.807) is 0 Å². The SMILES string of the molecule is O=C(C1CCCN1C(=O)C1CCC1)N1CCN(C(c2ccccc2)c2ccccc2)CC1. The number of rotatable bonds is 5. The molecule has 2 aromatic rings. The summed E-state index contributed by atoms with van der Waals surface area (Å²) in [4.78, 5) is 32.6. The van der Waals surface area contributed by atoms with Crippen LogP contribution in [0.3, 0.4) is 0 Å². The van der Waals surface area contributed by atoms with Crippen molar-refractivity contribution in [3.8, 4) is 0 Å². The number of nitrogens with zero attached hydrogens (tertiary/aromatic N) is 3. The first-order valence-corrected chi connectivity index (χ1v) is 12.2. The predicted octanol–water partition coefficient (Wildman–Crippen LogP) is 3.71. The van der Waals surface area contributed by atoms with Gasteiger partial charge in [0.1, 0.15) is 6.04 Å². The van der Waals surface area contributed by atoms with Crippen molar-refractivity contribution in [3.63, 3.8) is 0 Å². The van der Waals surface area contributed by atoms with Crippen LogP contribution in [0.4, 0.5) is 0 Å². The number of carbonyl (C=O) groups excluding carboxylic acids is 2. The molecule has 168 valence electrons. The summed E-state index contributed by atoms with van der Waals surface area (Å²) in [5.74, 6) is 0.544. The van der Waals surface area contributed by atoms with Crippen LogP contribution in [0.1, 0.15) is 49.3 Å². The molecular weight excluding hydrogens is 398 g/mol. The highest BCUT2D eigenvalue weighted by atomic mass is 16.2. The van der Waals surface area contributed by atoms with Crippen LogP contribution in [-0.4, -0.2) is 65.3 Å². The van der Waals surface area contributed by atoms with Crippen molar-refractivity contribution in [1.29, 1.82) is 0 Å². The Bertz CT molecular complexity index is 881. The summed E-state index contributed by atoms with van der Waals surface area (Å²) >= 11 is 0. The van der Waals surface area contributed by atoms with Crippen LogP contribution in [-0.2, 0) is 9.59 Å². The minimum atomic E-state index is -0.242. The summed E-state index contributed by atoms with van der Waals surface area (Å²) in [5, 5.41) is 0. The summed E-state index contributed by atoms with van der Waals surface area (Å²) < 4.78 is 0. The Hall–Kier alpha value is -2.66. The van der Waals surface area contributed by atoms with Gasteiger partial charge in [-0.1, -0.05) is 67.1 Å². The lowest BCUT2D eigenvalue weighted by molar-refractivity contribution is -0.148. The molecule has 1 atom stereocenters. The van der Waals surface area contributed by atoms with Crippen molar-refractivity contribution in [2.75, 3.05) is 32.7 Å². The van der Waals surface area contributed by atoms with Gasteiger partial charge in [-0.15, -0.1) is 0 Å². The molecular formula is C27H33N3O2. The van der Waals surface area contributed by atoms with E-state index in [1.807, 2.05) is 9.80 Å². The van der Waals surface area contributed by atoms with Crippen LogP contribution in [0.5, 0.6) is 0 Å². The summed E-state index contributed by atoms with van der Waals surface area (Å²) in [7, 11) is 0. The second kappa shape index (κ2) is 9.45. The van der Waals surface area contributed by atoms with Gasteiger partial charge >= 0.3 is 0 Å². The Balaban J connectivity index is 1.26. The van der Waals surface area contributed by atoms with Crippen molar-refractivity contribution >= 4 is 11.8 Å². The molecule has 1 aliphatic carbocycles. The second-order valence-corrected chi connectivity index (χ2v) is 9.40. The second-order valence-electron chi connectivity index (χ2n) is 9.40. The number of hydrogen-bond acceptors (Lipinski definition) is 3. The molecule has 0 aromatic heterocycles. The van der Waals surface area contributed by atoms with Gasteiger partial charge in [-0.05, 0) is 36.8 Å². The highest BCUT2D eigenvalue weighted by molar-refractivity contribution is 5.89. The van der Waals surface area contributed by atoms with Crippen molar-refractivity contribution in [2.24, 2.45) is 5.92 Å². The van der Waals surface area contributed by atoms with E-state index in [2.05, 4.69) is 65.6 Å². The highest BCUT2D eigenvalue weighted by Crippen LogP contribution is 2.33. The molecule has 2 saturated heterocycles. The van der Waals surface area contributed by atoms with Gasteiger partial charge in [0, 0.05) is 38.6 Å². The first-order chi connectivity index (χ1) is 15.7. The zero-order chi connectivity index (χ0) is 21.9. The first kappa shape index (κ1) is 21.2. The molecule has 0 bridgehead atoms. The topological polar surface area (TPSA) is 43.9 Å². The molecule has 5 nitrogen and oxygen atoms in total. The standard InChI is InChI=1S/C27H33N3O2/c31-26(23-13-7-14-23)30-16-8-15-24(30)27(32)29-19-17-28(18-20-29)25(21-9-3-1-4-10-21)22-11-5-2-6-12-22/h1-6,9-12,23-25H,7-8,13-20H2. The van der Waals surface area contributed by atoms with Gasteiger partial charge in [0.05, 0.1) is 6.04 Å². The minimum absolute atomic E-state index is 0.158. The fourth-order valence-corrected chi connectivity index (χ4v) is 5.47. The van der Waals surface area contributed by atoms with E-state index in [1.165, 1.54) is 11.1 Å². The largest absolute Gasteiger partial charge is 0.338 e. The third-order valence-corrected chi connectivity index (χ3v) is 7.50. The Morgan fingerprint density at radius 2 is 1.28 bits per heavy atom. The lowest BCUT2D eigenvalue weighted by Crippen LogP contribution is -2.55. The number of likely N-dealkylation sites (tertiary alicyclic amines) is 1. The van der Waals surface area contributed by atoms with E-state index < -0.39 is 0 Å². The normalized spacial score (nSPS) is 22.2. The Labute approximate surface area is 191 Å². The molecule has 2 amide bonds. The van der Waals surface area contributed by atoms with Crippen LogP contribution in [0.15, 0.2) is 60.7 Å². The molecule has 0 N–H and O–H groups in total. The van der Waals surface area contributed by atoms with Gasteiger partial charge in [-0.2, -0.15) is 0 Å². The first-order valence-electron chi connectivity index (χ1n) is 12.2. The number of hydrogen-bond donors (Lipinski definition) is 0. The van der Waals surface area contributed by atoms with E-state index in [0.29, 0.717) is 0 Å². The average molecular weight is 432 g/mol. The molecule has 0 spiro atoms. The van der Waals surface area contributed by atoms with Gasteiger partial charge in [0.25, 0.3) is 0 Å². The van der Waals surface area contributed by atoms with E-state index >= 15 is 0 Å². The summed E-state index contributed by atoms with van der Waals surface area (Å²) in [6, 6.07) is 21.2. The van der Waals surface area contributed by atoms with Gasteiger partial charge in [-0.3, -0.25) is 14.5 Å². The molecule has 1 saturated carbocycles. The van der Waals surface area contributed by atoms with Gasteiger partial charge in [0.15, 0.2) is 0 Å². The maximum absolute atomic E-state index is 13.4. The Morgan fingerprint density at radius 1 is 0.688 bits per heavy atom. The van der Waals surface area contributed by atoms with Gasteiger partial charge < -0.3 is 9.80 Å². The minimum Gasteiger partial charge on any atom is -0.338 e. The molecule has 2 aromatic carbocycles. The van der Waals surface area contributed by atoms with Gasteiger partial charge in [-0.25, -0.2) is 0 Å². The quantitative estimate of drug-likeness (QED) is 0.725. The number of amides is 2. The fourth-order valence-electron chi connectivity index (χ4n) is 5.47. The Morgan fingerprint density at radius 3 is 1.81 bits per heavy atom. The van der Waals surface area contributed by atoms with Crippen molar-refractivity contribution in [1.82, 2.24) is 14.7 Å². The van der Waals surface area contributed by atoms with Crippen LogP contribution < -0.4 is 0 Å². The van der Waals surface area contributed by atoms with Gasteiger partial charge in [0.2, 0.25) is 11.8 Å². The van der Waals surface area contributed by atoms with Crippen molar-refractivity contribution in [3.05, 3.63) is 71.8 Å². The lowest BCUT2D eigenvalue weighted by Gasteiger charge is -2.41. The molecule has 5 rings (SSSR count). The molecule has 3 fully saturated rings. The smallest absolute Gasteiger partial charge is 0.245 e. The molecule has 2 aliphatic heterocycles. The maximum Gasteiger partial charge on any atom is 0.245 e. The number of benzene rings is 2. The third kappa shape index (κ3) is 4.18. The third-order valence-electron chi connectivity index (χ3n) is 7.50. The Kier molecular flexibility index (Phi) is 6.26.